The fraction of sp³-hybridized carbons (Fsp3) is 0.250. The van der Waals surface area contributed by atoms with Gasteiger partial charge in [-0.25, -0.2) is 4.98 Å². The second-order valence-corrected chi connectivity index (χ2v) is 8.50. The first-order chi connectivity index (χ1) is 15.0. The predicted octanol–water partition coefficient (Wildman–Crippen LogP) is 5.31. The molecule has 2 aromatic carbocycles. The van der Waals surface area contributed by atoms with Crippen LogP contribution in [0.1, 0.15) is 17.0 Å². The fourth-order valence-electron chi connectivity index (χ4n) is 3.28. The van der Waals surface area contributed by atoms with Crippen LogP contribution in [0.3, 0.4) is 0 Å². The van der Waals surface area contributed by atoms with Crippen molar-refractivity contribution in [1.29, 1.82) is 0 Å². The van der Waals surface area contributed by atoms with E-state index in [4.69, 9.17) is 14.6 Å². The van der Waals surface area contributed by atoms with Crippen LogP contribution in [0.2, 0.25) is 0 Å². The zero-order valence-electron chi connectivity index (χ0n) is 17.5. The van der Waals surface area contributed by atoms with E-state index in [0.717, 1.165) is 45.1 Å². The molecule has 1 N–H and O–H groups in total. The summed E-state index contributed by atoms with van der Waals surface area (Å²) in [5.41, 5.74) is 3.06. The largest absolute Gasteiger partial charge is 0.493 e. The topological polar surface area (TPSA) is 73.6 Å². The standard InChI is InChI=1S/C24H24N2O4S/c1-16-17(2)31-24(25-16)18-4-6-20(7-5-18)29-12-3-13-30-21-8-9-22-19(14-21)10-11-26(22)15-23(27)28/h4-11,14H,3,12-13,15H2,1-2H3,(H,27,28). The molecule has 0 aliphatic heterocycles. The lowest BCUT2D eigenvalue weighted by molar-refractivity contribution is -0.137. The lowest BCUT2D eigenvalue weighted by Crippen LogP contribution is -2.07. The van der Waals surface area contributed by atoms with Gasteiger partial charge in [0.2, 0.25) is 0 Å². The molecule has 0 radical (unpaired) electrons. The Kier molecular flexibility index (Phi) is 6.23. The van der Waals surface area contributed by atoms with E-state index in [1.165, 1.54) is 4.88 Å². The molecule has 0 amide bonds. The van der Waals surface area contributed by atoms with Gasteiger partial charge in [0.05, 0.1) is 18.9 Å². The van der Waals surface area contributed by atoms with E-state index >= 15 is 0 Å². The van der Waals surface area contributed by atoms with E-state index < -0.39 is 5.97 Å². The number of aromatic nitrogens is 2. The Labute approximate surface area is 184 Å². The summed E-state index contributed by atoms with van der Waals surface area (Å²) in [5, 5.41) is 11.0. The number of hydrogen-bond acceptors (Lipinski definition) is 5. The molecule has 0 aliphatic carbocycles. The van der Waals surface area contributed by atoms with Gasteiger partial charge in [0.1, 0.15) is 23.1 Å². The highest BCUT2D eigenvalue weighted by atomic mass is 32.1. The number of hydrogen-bond donors (Lipinski definition) is 1. The summed E-state index contributed by atoms with van der Waals surface area (Å²) in [6.07, 6.45) is 2.53. The third-order valence-electron chi connectivity index (χ3n) is 5.00. The molecule has 0 spiro atoms. The van der Waals surface area contributed by atoms with Crippen LogP contribution in [0.15, 0.2) is 54.7 Å². The number of benzene rings is 2. The number of rotatable bonds is 9. The second kappa shape index (κ2) is 9.22. The molecule has 0 fully saturated rings. The van der Waals surface area contributed by atoms with Crippen molar-refractivity contribution in [2.45, 2.75) is 26.8 Å². The Hall–Kier alpha value is -3.32. The van der Waals surface area contributed by atoms with Gasteiger partial charge in [-0.15, -0.1) is 11.3 Å². The van der Waals surface area contributed by atoms with Crippen molar-refractivity contribution in [2.75, 3.05) is 13.2 Å². The Morgan fingerprint density at radius 3 is 2.42 bits per heavy atom. The van der Waals surface area contributed by atoms with E-state index in [-0.39, 0.29) is 6.54 Å². The lowest BCUT2D eigenvalue weighted by atomic mass is 10.2. The molecule has 0 unspecified atom stereocenters. The van der Waals surface area contributed by atoms with E-state index in [0.29, 0.717) is 13.2 Å². The molecule has 4 aromatic rings. The lowest BCUT2D eigenvalue weighted by Gasteiger charge is -2.09. The maximum Gasteiger partial charge on any atom is 0.323 e. The SMILES string of the molecule is Cc1nc(-c2ccc(OCCCOc3ccc4c(ccn4CC(=O)O)c3)cc2)sc1C. The van der Waals surface area contributed by atoms with Crippen LogP contribution in [-0.4, -0.2) is 33.8 Å². The minimum Gasteiger partial charge on any atom is -0.493 e. The minimum absolute atomic E-state index is 0.0505. The van der Waals surface area contributed by atoms with Gasteiger partial charge >= 0.3 is 5.97 Å². The van der Waals surface area contributed by atoms with Crippen LogP contribution in [0.5, 0.6) is 11.5 Å². The molecule has 7 heteroatoms. The molecule has 2 heterocycles. The van der Waals surface area contributed by atoms with Gasteiger partial charge in [0.15, 0.2) is 0 Å². The first-order valence-electron chi connectivity index (χ1n) is 10.1. The minimum atomic E-state index is -0.860. The van der Waals surface area contributed by atoms with Crippen molar-refractivity contribution in [3.05, 3.63) is 65.3 Å². The average molecular weight is 437 g/mol. The highest BCUT2D eigenvalue weighted by Crippen LogP contribution is 2.28. The summed E-state index contributed by atoms with van der Waals surface area (Å²) >= 11 is 1.70. The molecular weight excluding hydrogens is 412 g/mol. The maximum atomic E-state index is 10.9. The highest BCUT2D eigenvalue weighted by molar-refractivity contribution is 7.15. The predicted molar refractivity (Wildman–Crippen MR) is 122 cm³/mol. The number of carboxylic acid groups (broad SMARTS) is 1. The van der Waals surface area contributed by atoms with Gasteiger partial charge in [0, 0.05) is 34.0 Å². The molecule has 0 bridgehead atoms. The quantitative estimate of drug-likeness (QED) is 0.360. The number of nitrogens with zero attached hydrogens (tertiary/aromatic N) is 2. The number of aryl methyl sites for hydroxylation is 2. The summed E-state index contributed by atoms with van der Waals surface area (Å²) in [5.74, 6) is 0.731. The Bertz CT molecular complexity index is 1170. The van der Waals surface area contributed by atoms with Gasteiger partial charge in [-0.1, -0.05) is 0 Å². The van der Waals surface area contributed by atoms with Gasteiger partial charge < -0.3 is 19.1 Å². The molecule has 160 valence electrons. The van der Waals surface area contributed by atoms with Crippen LogP contribution in [0.25, 0.3) is 21.5 Å². The average Bonchev–Trinajstić information content (AvgIpc) is 3.30. The summed E-state index contributed by atoms with van der Waals surface area (Å²) < 4.78 is 13.3. The normalized spacial score (nSPS) is 11.0. The van der Waals surface area contributed by atoms with Gasteiger partial charge in [0.25, 0.3) is 0 Å². The summed E-state index contributed by atoms with van der Waals surface area (Å²) in [4.78, 5) is 16.8. The van der Waals surface area contributed by atoms with Crippen molar-refractivity contribution in [1.82, 2.24) is 9.55 Å². The molecule has 31 heavy (non-hydrogen) atoms. The number of carbonyl (C=O) groups is 1. The first-order valence-corrected chi connectivity index (χ1v) is 10.9. The number of fused-ring (bicyclic) bond motifs is 1. The number of aliphatic carboxylic acids is 1. The van der Waals surface area contributed by atoms with E-state index in [9.17, 15) is 4.79 Å². The van der Waals surface area contributed by atoms with Crippen molar-refractivity contribution in [3.63, 3.8) is 0 Å². The van der Waals surface area contributed by atoms with E-state index in [1.807, 2.05) is 55.5 Å². The Morgan fingerprint density at radius 2 is 1.74 bits per heavy atom. The molecular formula is C24H24N2O4S. The van der Waals surface area contributed by atoms with Crippen molar-refractivity contribution < 1.29 is 19.4 Å². The van der Waals surface area contributed by atoms with Crippen LogP contribution in [-0.2, 0) is 11.3 Å². The van der Waals surface area contributed by atoms with Crippen LogP contribution in [0.4, 0.5) is 0 Å². The smallest absolute Gasteiger partial charge is 0.323 e. The highest BCUT2D eigenvalue weighted by Gasteiger charge is 2.07. The Balaban J connectivity index is 1.24. The molecule has 0 saturated carbocycles. The van der Waals surface area contributed by atoms with Crippen LogP contribution < -0.4 is 9.47 Å². The number of carboxylic acids is 1. The van der Waals surface area contributed by atoms with E-state index in [1.54, 1.807) is 22.1 Å². The van der Waals surface area contributed by atoms with Crippen LogP contribution in [0, 0.1) is 13.8 Å². The molecule has 2 aromatic heterocycles. The summed E-state index contributed by atoms with van der Waals surface area (Å²) in [7, 11) is 0. The number of thiazole rings is 1. The van der Waals surface area contributed by atoms with E-state index in [2.05, 4.69) is 11.9 Å². The number of ether oxygens (including phenoxy) is 2. The molecule has 0 atom stereocenters. The maximum absolute atomic E-state index is 10.9. The third-order valence-corrected chi connectivity index (χ3v) is 6.13. The van der Waals surface area contributed by atoms with Gasteiger partial charge in [-0.2, -0.15) is 0 Å². The van der Waals surface area contributed by atoms with Gasteiger partial charge in [-0.05, 0) is 62.4 Å². The summed E-state index contributed by atoms with van der Waals surface area (Å²) in [6.45, 7) is 5.17. The van der Waals surface area contributed by atoms with Crippen molar-refractivity contribution in [3.8, 4) is 22.1 Å². The third kappa shape index (κ3) is 5.06. The summed E-state index contributed by atoms with van der Waals surface area (Å²) in [6, 6.07) is 15.6. The van der Waals surface area contributed by atoms with Crippen molar-refractivity contribution >= 4 is 28.2 Å². The molecule has 4 rings (SSSR count). The van der Waals surface area contributed by atoms with Gasteiger partial charge in [-0.3, -0.25) is 4.79 Å². The van der Waals surface area contributed by atoms with Crippen molar-refractivity contribution in [2.24, 2.45) is 0 Å². The fourth-order valence-corrected chi connectivity index (χ4v) is 4.20. The Morgan fingerprint density at radius 1 is 1.03 bits per heavy atom. The first kappa shape index (κ1) is 20.9. The molecule has 0 aliphatic rings. The second-order valence-electron chi connectivity index (χ2n) is 7.29. The monoisotopic (exact) mass is 436 g/mol. The molecule has 0 saturated heterocycles. The zero-order chi connectivity index (χ0) is 21.8. The molecule has 6 nitrogen and oxygen atoms in total. The van der Waals surface area contributed by atoms with Crippen LogP contribution >= 0.6 is 11.3 Å². The zero-order valence-corrected chi connectivity index (χ0v) is 18.3.